The van der Waals surface area contributed by atoms with E-state index < -0.39 is 0 Å². The van der Waals surface area contributed by atoms with Crippen molar-refractivity contribution in [3.63, 3.8) is 0 Å². The van der Waals surface area contributed by atoms with Crippen LogP contribution in [0.3, 0.4) is 0 Å². The van der Waals surface area contributed by atoms with Crippen LogP contribution < -0.4 is 10.9 Å². The lowest BCUT2D eigenvalue weighted by atomic mass is 9.91. The van der Waals surface area contributed by atoms with Crippen molar-refractivity contribution >= 4 is 16.9 Å². The second-order valence-corrected chi connectivity index (χ2v) is 6.37. The minimum atomic E-state index is -0.0122. The van der Waals surface area contributed by atoms with Gasteiger partial charge in [-0.2, -0.15) is 5.10 Å². The predicted octanol–water partition coefficient (Wildman–Crippen LogP) is 2.42. The van der Waals surface area contributed by atoms with E-state index in [0.717, 1.165) is 48.2 Å². The lowest BCUT2D eigenvalue weighted by Crippen LogP contribution is -2.33. The third-order valence-electron chi connectivity index (χ3n) is 4.70. The molecule has 4 rings (SSSR count). The first kappa shape index (κ1) is 14.9. The number of rotatable bonds is 3. The van der Waals surface area contributed by atoms with Crippen molar-refractivity contribution in [1.29, 1.82) is 0 Å². The van der Waals surface area contributed by atoms with Crippen LogP contribution in [0.25, 0.3) is 11.0 Å². The maximum Gasteiger partial charge on any atom is 0.267 e. The smallest absolute Gasteiger partial charge is 0.267 e. The number of H-pyrrole nitrogens is 1. The van der Waals surface area contributed by atoms with Gasteiger partial charge in [0.25, 0.3) is 5.56 Å². The molecule has 0 atom stereocenters. The highest BCUT2D eigenvalue weighted by Gasteiger charge is 2.24. The fourth-order valence-electron chi connectivity index (χ4n) is 3.43. The maximum atomic E-state index is 12.0. The van der Waals surface area contributed by atoms with Gasteiger partial charge in [-0.3, -0.25) is 4.79 Å². The quantitative estimate of drug-likeness (QED) is 0.772. The number of aromatic amines is 1. The first-order valence-corrected chi connectivity index (χ1v) is 8.32. The number of hydrogen-bond donors (Lipinski definition) is 2. The Balaban J connectivity index is 1.46. The Labute approximate surface area is 139 Å². The highest BCUT2D eigenvalue weighted by molar-refractivity contribution is 5.86. The van der Waals surface area contributed by atoms with Crippen molar-refractivity contribution in [3.05, 3.63) is 46.8 Å². The molecule has 3 heterocycles. The Kier molecular flexibility index (Phi) is 3.76. The molecule has 1 aliphatic carbocycles. The molecule has 1 fully saturated rings. The van der Waals surface area contributed by atoms with Crippen molar-refractivity contribution in [2.75, 3.05) is 5.32 Å². The van der Waals surface area contributed by atoms with Crippen LogP contribution in [0.2, 0.25) is 0 Å². The van der Waals surface area contributed by atoms with Crippen molar-refractivity contribution in [3.8, 4) is 0 Å². The highest BCUT2D eigenvalue weighted by Crippen LogP contribution is 2.29. The molecule has 7 nitrogen and oxygen atoms in total. The van der Waals surface area contributed by atoms with Gasteiger partial charge in [-0.05, 0) is 44.7 Å². The summed E-state index contributed by atoms with van der Waals surface area (Å²) in [5, 5.41) is 8.94. The third-order valence-corrected chi connectivity index (χ3v) is 4.70. The monoisotopic (exact) mass is 324 g/mol. The molecular formula is C17H20N6O. The fourth-order valence-corrected chi connectivity index (χ4v) is 3.43. The molecule has 1 aliphatic rings. The van der Waals surface area contributed by atoms with Gasteiger partial charge in [0.15, 0.2) is 0 Å². The molecule has 0 aliphatic heterocycles. The van der Waals surface area contributed by atoms with E-state index in [1.54, 1.807) is 23.1 Å². The van der Waals surface area contributed by atoms with E-state index >= 15 is 0 Å². The average molecular weight is 324 g/mol. The molecule has 3 aromatic heterocycles. The second-order valence-electron chi connectivity index (χ2n) is 6.37. The van der Waals surface area contributed by atoms with Crippen molar-refractivity contribution in [2.45, 2.75) is 44.7 Å². The van der Waals surface area contributed by atoms with Gasteiger partial charge in [0.1, 0.15) is 17.8 Å². The maximum absolute atomic E-state index is 12.0. The minimum Gasteiger partial charge on any atom is -0.367 e. The van der Waals surface area contributed by atoms with Gasteiger partial charge in [0.05, 0.1) is 17.1 Å². The molecule has 2 N–H and O–H groups in total. The first-order chi connectivity index (χ1) is 11.7. The van der Waals surface area contributed by atoms with Gasteiger partial charge in [-0.15, -0.1) is 0 Å². The number of fused-ring (bicyclic) bond motifs is 1. The summed E-state index contributed by atoms with van der Waals surface area (Å²) >= 11 is 0. The van der Waals surface area contributed by atoms with Gasteiger partial charge < -0.3 is 10.3 Å². The summed E-state index contributed by atoms with van der Waals surface area (Å²) < 4.78 is 1.65. The largest absolute Gasteiger partial charge is 0.367 e. The molecule has 0 saturated heterocycles. The zero-order valence-corrected chi connectivity index (χ0v) is 13.6. The standard InChI is InChI=1S/C17H20N6O/c1-11-2-7-15(24)23(22-11)13-5-3-12(4-6-13)21-17-14-8-9-18-16(14)19-10-20-17/h2,7-10,12-13H,3-6H2,1H3,(H2,18,19,20,21). The lowest BCUT2D eigenvalue weighted by Gasteiger charge is -2.30. The number of aromatic nitrogens is 5. The topological polar surface area (TPSA) is 88.5 Å². The number of nitrogens with one attached hydrogen (secondary N) is 2. The molecule has 0 bridgehead atoms. The van der Waals surface area contributed by atoms with E-state index in [2.05, 4.69) is 25.4 Å². The summed E-state index contributed by atoms with van der Waals surface area (Å²) in [5.74, 6) is 0.871. The number of aryl methyl sites for hydroxylation is 1. The summed E-state index contributed by atoms with van der Waals surface area (Å²) in [7, 11) is 0. The Morgan fingerprint density at radius 3 is 2.83 bits per heavy atom. The Morgan fingerprint density at radius 2 is 2.00 bits per heavy atom. The molecule has 124 valence electrons. The molecule has 7 heteroatoms. The molecule has 0 radical (unpaired) electrons. The van der Waals surface area contributed by atoms with Crippen LogP contribution in [0.4, 0.5) is 5.82 Å². The molecular weight excluding hydrogens is 304 g/mol. The molecule has 0 amide bonds. The molecule has 0 spiro atoms. The summed E-state index contributed by atoms with van der Waals surface area (Å²) in [4.78, 5) is 23.7. The van der Waals surface area contributed by atoms with Crippen molar-refractivity contribution in [2.24, 2.45) is 0 Å². The minimum absolute atomic E-state index is 0.0122. The lowest BCUT2D eigenvalue weighted by molar-refractivity contribution is 0.302. The normalized spacial score (nSPS) is 21.0. The Bertz CT molecular complexity index is 907. The van der Waals surface area contributed by atoms with Crippen LogP contribution in [0.5, 0.6) is 0 Å². The first-order valence-electron chi connectivity index (χ1n) is 8.32. The Hall–Kier alpha value is -2.70. The van der Waals surface area contributed by atoms with E-state index in [0.29, 0.717) is 6.04 Å². The van der Waals surface area contributed by atoms with E-state index in [-0.39, 0.29) is 11.6 Å². The zero-order chi connectivity index (χ0) is 16.5. The van der Waals surface area contributed by atoms with Crippen LogP contribution >= 0.6 is 0 Å². The number of anilines is 1. The fraction of sp³-hybridized carbons (Fsp3) is 0.412. The van der Waals surface area contributed by atoms with Gasteiger partial charge in [-0.1, -0.05) is 0 Å². The third kappa shape index (κ3) is 2.77. The van der Waals surface area contributed by atoms with Gasteiger partial charge in [-0.25, -0.2) is 14.6 Å². The number of nitrogens with zero attached hydrogens (tertiary/aromatic N) is 4. The van der Waals surface area contributed by atoms with E-state index in [1.807, 2.05) is 19.2 Å². The van der Waals surface area contributed by atoms with Crippen LogP contribution in [0, 0.1) is 6.92 Å². The van der Waals surface area contributed by atoms with Crippen LogP contribution in [0.15, 0.2) is 35.5 Å². The summed E-state index contributed by atoms with van der Waals surface area (Å²) in [6.45, 7) is 1.92. The van der Waals surface area contributed by atoms with Crippen LogP contribution in [0.1, 0.15) is 37.4 Å². The SMILES string of the molecule is Cc1ccc(=O)n(C2CCC(Nc3ncnc4[nH]ccc34)CC2)n1. The predicted molar refractivity (Wildman–Crippen MR) is 92.0 cm³/mol. The van der Waals surface area contributed by atoms with Crippen molar-refractivity contribution < 1.29 is 0 Å². The molecule has 3 aromatic rings. The highest BCUT2D eigenvalue weighted by atomic mass is 16.1. The average Bonchev–Trinajstić information content (AvgIpc) is 3.08. The summed E-state index contributed by atoms with van der Waals surface area (Å²) in [6, 6.07) is 5.90. The molecule has 0 unspecified atom stereocenters. The molecule has 1 saturated carbocycles. The summed E-state index contributed by atoms with van der Waals surface area (Å²) in [5.41, 5.74) is 1.71. The summed E-state index contributed by atoms with van der Waals surface area (Å²) in [6.07, 6.45) is 7.30. The zero-order valence-electron chi connectivity index (χ0n) is 13.6. The van der Waals surface area contributed by atoms with E-state index in [9.17, 15) is 4.79 Å². The van der Waals surface area contributed by atoms with Crippen LogP contribution in [-0.4, -0.2) is 30.8 Å². The molecule has 24 heavy (non-hydrogen) atoms. The van der Waals surface area contributed by atoms with Crippen LogP contribution in [-0.2, 0) is 0 Å². The number of hydrogen-bond acceptors (Lipinski definition) is 5. The van der Waals surface area contributed by atoms with Gasteiger partial charge in [0.2, 0.25) is 0 Å². The van der Waals surface area contributed by atoms with Crippen molar-refractivity contribution in [1.82, 2.24) is 24.7 Å². The van der Waals surface area contributed by atoms with Gasteiger partial charge >= 0.3 is 0 Å². The molecule has 0 aromatic carbocycles. The van der Waals surface area contributed by atoms with E-state index in [4.69, 9.17) is 0 Å². The van der Waals surface area contributed by atoms with E-state index in [1.165, 1.54) is 0 Å². The van der Waals surface area contributed by atoms with Gasteiger partial charge in [0, 0.05) is 18.3 Å². The Morgan fingerprint density at radius 1 is 1.17 bits per heavy atom. The second kappa shape index (κ2) is 6.07.